The van der Waals surface area contributed by atoms with E-state index in [9.17, 15) is 19.5 Å². The van der Waals surface area contributed by atoms with Gasteiger partial charge in [0.1, 0.15) is 17.8 Å². The van der Waals surface area contributed by atoms with Gasteiger partial charge in [-0.15, -0.1) is 0 Å². The fourth-order valence-corrected chi connectivity index (χ4v) is 5.13. The lowest BCUT2D eigenvalue weighted by atomic mass is 9.98. The first-order valence-electron chi connectivity index (χ1n) is 15.3. The minimum absolute atomic E-state index is 0.224. The van der Waals surface area contributed by atoms with Crippen LogP contribution in [0.1, 0.15) is 64.8 Å². The quantitative estimate of drug-likeness (QED) is 0.264. The van der Waals surface area contributed by atoms with Crippen LogP contribution < -0.4 is 21.3 Å². The van der Waals surface area contributed by atoms with E-state index in [1.54, 1.807) is 34.6 Å². The van der Waals surface area contributed by atoms with Crippen LogP contribution in [-0.2, 0) is 20.7 Å². The van der Waals surface area contributed by atoms with Crippen molar-refractivity contribution in [3.05, 3.63) is 65.7 Å². The average molecular weight is 612 g/mol. The number of hydrogen-bond acceptors (Lipinski definition) is 8. The molecule has 3 rings (SSSR count). The lowest BCUT2D eigenvalue weighted by molar-refractivity contribution is -0.125. The highest BCUT2D eigenvalue weighted by molar-refractivity contribution is 5.86. The topological polar surface area (TPSA) is 146 Å². The number of nitrogens with two attached hydrogens (primary N) is 1. The van der Waals surface area contributed by atoms with Crippen molar-refractivity contribution in [1.82, 2.24) is 15.5 Å². The molecule has 11 heteroatoms. The number of aliphatic hydroxyl groups is 1. The van der Waals surface area contributed by atoms with Gasteiger partial charge in [-0.25, -0.2) is 9.59 Å². The normalized spacial score (nSPS) is 16.1. The van der Waals surface area contributed by atoms with Crippen LogP contribution in [0.3, 0.4) is 0 Å². The molecule has 44 heavy (non-hydrogen) atoms. The van der Waals surface area contributed by atoms with Crippen molar-refractivity contribution in [2.75, 3.05) is 31.6 Å². The van der Waals surface area contributed by atoms with Gasteiger partial charge in [0.25, 0.3) is 0 Å². The highest BCUT2D eigenvalue weighted by Gasteiger charge is 2.34. The van der Waals surface area contributed by atoms with Crippen LogP contribution in [-0.4, -0.2) is 78.6 Å². The molecule has 1 fully saturated rings. The van der Waals surface area contributed by atoms with Crippen molar-refractivity contribution in [2.45, 2.75) is 83.8 Å². The van der Waals surface area contributed by atoms with Crippen molar-refractivity contribution in [3.8, 4) is 0 Å². The second kappa shape index (κ2) is 15.8. The predicted octanol–water partition coefficient (Wildman–Crippen LogP) is 3.95. The molecule has 4 atom stereocenters. The number of nitrogens with one attached hydrogen (secondary N) is 2. The fourth-order valence-electron chi connectivity index (χ4n) is 5.13. The second-order valence-corrected chi connectivity index (χ2v) is 12.6. The van der Waals surface area contributed by atoms with Gasteiger partial charge < -0.3 is 35.8 Å². The van der Waals surface area contributed by atoms with Crippen LogP contribution in [0.25, 0.3) is 0 Å². The molecular formula is C33H49N5O6. The summed E-state index contributed by atoms with van der Waals surface area (Å²) in [4.78, 5) is 42.5. The largest absolute Gasteiger partial charge is 0.453 e. The van der Waals surface area contributed by atoms with Crippen molar-refractivity contribution in [1.29, 1.82) is 0 Å². The van der Waals surface area contributed by atoms with E-state index in [0.717, 1.165) is 37.2 Å². The van der Waals surface area contributed by atoms with Crippen LogP contribution in [0.2, 0.25) is 0 Å². The maximum Gasteiger partial charge on any atom is 0.411 e. The molecule has 1 aliphatic heterocycles. The lowest BCUT2D eigenvalue weighted by Gasteiger charge is -2.35. The number of alkyl carbamates (subject to hydrolysis) is 1. The maximum atomic E-state index is 13.5. The summed E-state index contributed by atoms with van der Waals surface area (Å²) in [6, 6.07) is 15.4. The molecule has 1 saturated heterocycles. The third kappa shape index (κ3) is 10.1. The maximum absolute atomic E-state index is 13.5. The Balaban J connectivity index is 1.88. The molecule has 0 spiro atoms. The molecule has 5 N–H and O–H groups in total. The van der Waals surface area contributed by atoms with Crippen molar-refractivity contribution in [3.63, 3.8) is 0 Å². The number of carbonyl (C=O) groups excluding carboxylic acids is 3. The number of carbonyl (C=O) groups is 3. The van der Waals surface area contributed by atoms with Crippen molar-refractivity contribution >= 4 is 23.8 Å². The Bertz CT molecular complexity index is 1210. The number of amides is 3. The van der Waals surface area contributed by atoms with Gasteiger partial charge in [-0.2, -0.15) is 0 Å². The zero-order valence-corrected chi connectivity index (χ0v) is 26.8. The number of methoxy groups -OCH3 is 1. The summed E-state index contributed by atoms with van der Waals surface area (Å²) in [5, 5.41) is 17.1. The zero-order chi connectivity index (χ0) is 32.4. The molecule has 0 saturated carbocycles. The first kappa shape index (κ1) is 34.7. The summed E-state index contributed by atoms with van der Waals surface area (Å²) in [6.07, 6.45) is -1.02. The summed E-state index contributed by atoms with van der Waals surface area (Å²) in [6.45, 7) is 10.6. The van der Waals surface area contributed by atoms with Gasteiger partial charge in [-0.05, 0) is 69.2 Å². The van der Waals surface area contributed by atoms with E-state index in [0.29, 0.717) is 5.56 Å². The number of anilines is 1. The summed E-state index contributed by atoms with van der Waals surface area (Å²) in [5.41, 5.74) is 8.50. The molecule has 2 aromatic rings. The lowest BCUT2D eigenvalue weighted by Crippen LogP contribution is -2.57. The smallest absolute Gasteiger partial charge is 0.411 e. The summed E-state index contributed by atoms with van der Waals surface area (Å²) < 4.78 is 10.4. The number of benzene rings is 2. The monoisotopic (exact) mass is 611 g/mol. The Kier molecular flexibility index (Phi) is 12.4. The molecule has 0 aromatic heterocycles. The molecule has 1 heterocycles. The summed E-state index contributed by atoms with van der Waals surface area (Å²) in [7, 11) is 1.22. The number of hydrogen-bond donors (Lipinski definition) is 4. The first-order chi connectivity index (χ1) is 20.8. The van der Waals surface area contributed by atoms with Crippen LogP contribution in [0.5, 0.6) is 0 Å². The predicted molar refractivity (Wildman–Crippen MR) is 170 cm³/mol. The number of aliphatic hydroxyl groups excluding tert-OH is 1. The van der Waals surface area contributed by atoms with Gasteiger partial charge in [0.05, 0.1) is 25.8 Å². The van der Waals surface area contributed by atoms with Crippen molar-refractivity contribution in [2.24, 2.45) is 11.7 Å². The molecule has 1 unspecified atom stereocenters. The van der Waals surface area contributed by atoms with Gasteiger partial charge in [0.15, 0.2) is 0 Å². The van der Waals surface area contributed by atoms with E-state index in [-0.39, 0.29) is 18.9 Å². The van der Waals surface area contributed by atoms with Crippen molar-refractivity contribution < 1.29 is 29.0 Å². The van der Waals surface area contributed by atoms with Gasteiger partial charge in [-0.1, -0.05) is 56.3 Å². The molecule has 1 aliphatic rings. The van der Waals surface area contributed by atoms with E-state index in [2.05, 4.69) is 15.5 Å². The molecule has 2 aromatic carbocycles. The number of ether oxygens (including phenoxy) is 2. The van der Waals surface area contributed by atoms with Gasteiger partial charge >= 0.3 is 12.2 Å². The third-order valence-electron chi connectivity index (χ3n) is 7.55. The Morgan fingerprint density at radius 3 is 2.16 bits per heavy atom. The van der Waals surface area contributed by atoms with Crippen LogP contribution in [0, 0.1) is 5.92 Å². The zero-order valence-electron chi connectivity index (χ0n) is 26.8. The Morgan fingerprint density at radius 1 is 1.00 bits per heavy atom. The molecular weight excluding hydrogens is 562 g/mol. The number of rotatable bonds is 12. The highest BCUT2D eigenvalue weighted by Crippen LogP contribution is 2.25. The minimum atomic E-state index is -1.24. The second-order valence-electron chi connectivity index (χ2n) is 12.6. The molecule has 3 amide bonds. The number of nitrogens with zero attached hydrogens (tertiary/aromatic N) is 2. The van der Waals surface area contributed by atoms with E-state index in [4.69, 9.17) is 15.2 Å². The minimum Gasteiger partial charge on any atom is -0.453 e. The van der Waals surface area contributed by atoms with E-state index in [1.165, 1.54) is 12.0 Å². The first-order valence-corrected chi connectivity index (χ1v) is 15.3. The third-order valence-corrected chi connectivity index (χ3v) is 7.55. The Labute approximate surface area is 261 Å². The van der Waals surface area contributed by atoms with Crippen LogP contribution in [0.15, 0.2) is 54.6 Å². The fraction of sp³-hybridized carbons (Fsp3) is 0.545. The molecule has 11 nitrogen and oxygen atoms in total. The Hall–Kier alpha value is -3.83. The summed E-state index contributed by atoms with van der Waals surface area (Å²) in [5.74, 6) is -0.755. The molecule has 0 bridgehead atoms. The van der Waals surface area contributed by atoms with Gasteiger partial charge in [-0.3, -0.25) is 9.69 Å². The SMILES string of the molecule is COC(=O)N[C@H](C(=O)N[C@@H](Cc1ccccc1)[C@@H](O)CN(C(=O)OC(C)(C)C)C(N)c1ccc(N2CCCC2)cc1)C(C)C. The van der Waals surface area contributed by atoms with Gasteiger partial charge in [0, 0.05) is 18.8 Å². The van der Waals surface area contributed by atoms with E-state index in [1.807, 2.05) is 54.6 Å². The van der Waals surface area contributed by atoms with Crippen LogP contribution >= 0.6 is 0 Å². The summed E-state index contributed by atoms with van der Waals surface area (Å²) >= 11 is 0. The van der Waals surface area contributed by atoms with Crippen LogP contribution in [0.4, 0.5) is 15.3 Å². The van der Waals surface area contributed by atoms with E-state index < -0.39 is 48.0 Å². The Morgan fingerprint density at radius 2 is 1.61 bits per heavy atom. The molecule has 0 radical (unpaired) electrons. The van der Waals surface area contributed by atoms with E-state index >= 15 is 0 Å². The standard InChI is InChI=1S/C33H49N5O6/c1-22(2)28(36-31(41)43-6)30(40)35-26(20-23-12-8-7-9-13-23)27(39)21-38(32(42)44-33(3,4)5)29(34)24-14-16-25(17-15-24)37-18-10-11-19-37/h7-9,12-17,22,26-29,39H,10-11,18-21,34H2,1-6H3,(H,35,40)(H,36,41)/t26-,27-,28-,29?/m0/s1. The molecule has 0 aliphatic carbocycles. The van der Waals surface area contributed by atoms with Gasteiger partial charge in [0.2, 0.25) is 5.91 Å². The molecule has 242 valence electrons. The highest BCUT2D eigenvalue weighted by atomic mass is 16.6. The average Bonchev–Trinajstić information content (AvgIpc) is 3.52.